The average Bonchev–Trinajstić information content (AvgIpc) is 2.66. The van der Waals surface area contributed by atoms with E-state index in [1.165, 1.54) is 5.56 Å². The summed E-state index contributed by atoms with van der Waals surface area (Å²) in [5.74, 6) is 1.03. The van der Waals surface area contributed by atoms with Crippen LogP contribution in [-0.4, -0.2) is 75.1 Å². The molecule has 0 atom stereocenters. The molecule has 2 aliphatic heterocycles. The van der Waals surface area contributed by atoms with E-state index >= 15 is 0 Å². The van der Waals surface area contributed by atoms with Crippen molar-refractivity contribution in [2.75, 3.05) is 59.2 Å². The van der Waals surface area contributed by atoms with E-state index in [0.29, 0.717) is 6.10 Å². The molecule has 0 amide bonds. The molecule has 0 unspecified atom stereocenters. The maximum absolute atomic E-state index is 6.11. The van der Waals surface area contributed by atoms with Gasteiger partial charge in [0.25, 0.3) is 0 Å². The van der Waals surface area contributed by atoms with Gasteiger partial charge in [0.2, 0.25) is 0 Å². The van der Waals surface area contributed by atoms with E-state index in [0.717, 1.165) is 84.3 Å². The predicted molar refractivity (Wildman–Crippen MR) is 99.1 cm³/mol. The molecule has 140 valence electrons. The van der Waals surface area contributed by atoms with Gasteiger partial charge in [0.15, 0.2) is 0 Å². The number of likely N-dealkylation sites (tertiary alicyclic amines) is 1. The number of ether oxygens (including phenoxy) is 3. The van der Waals surface area contributed by atoms with Crippen LogP contribution in [-0.2, 0) is 16.0 Å². The molecule has 2 aliphatic rings. The van der Waals surface area contributed by atoms with E-state index in [2.05, 4.69) is 41.0 Å². The molecule has 0 radical (unpaired) electrons. The first-order valence-corrected chi connectivity index (χ1v) is 9.70. The Labute approximate surface area is 151 Å². The van der Waals surface area contributed by atoms with E-state index in [1.807, 2.05) is 0 Å². The van der Waals surface area contributed by atoms with Crippen molar-refractivity contribution >= 4 is 0 Å². The van der Waals surface area contributed by atoms with Crippen LogP contribution in [0.15, 0.2) is 24.3 Å². The molecule has 1 aromatic carbocycles. The van der Waals surface area contributed by atoms with E-state index in [-0.39, 0.29) is 0 Å². The fourth-order valence-corrected chi connectivity index (χ4v) is 3.60. The largest absolute Gasteiger partial charge is 0.492 e. The van der Waals surface area contributed by atoms with Crippen molar-refractivity contribution in [2.45, 2.75) is 32.4 Å². The summed E-state index contributed by atoms with van der Waals surface area (Å²) in [6, 6.07) is 8.46. The maximum Gasteiger partial charge on any atom is 0.123 e. The molecule has 0 bridgehead atoms. The topological polar surface area (TPSA) is 34.2 Å². The van der Waals surface area contributed by atoms with Crippen molar-refractivity contribution < 1.29 is 14.2 Å². The summed E-state index contributed by atoms with van der Waals surface area (Å²) in [5, 5.41) is 0. The van der Waals surface area contributed by atoms with Crippen molar-refractivity contribution in [3.05, 3.63) is 29.8 Å². The van der Waals surface area contributed by atoms with Crippen molar-refractivity contribution in [2.24, 2.45) is 0 Å². The van der Waals surface area contributed by atoms with Crippen LogP contribution in [0.25, 0.3) is 0 Å². The fourth-order valence-electron chi connectivity index (χ4n) is 3.60. The number of morpholine rings is 1. The standard InChI is InChI=1S/C20H32N2O3/c1-2-24-19-7-9-22(10-8-19)17-18-5-3-4-6-20(18)25-16-13-21-11-14-23-15-12-21/h3-6,19H,2,7-17H2,1H3. The summed E-state index contributed by atoms with van der Waals surface area (Å²) < 4.78 is 17.3. The minimum Gasteiger partial charge on any atom is -0.492 e. The van der Waals surface area contributed by atoms with Crippen LogP contribution in [0, 0.1) is 0 Å². The minimum atomic E-state index is 0.446. The number of piperidine rings is 1. The normalized spacial score (nSPS) is 20.7. The number of hydrogen-bond acceptors (Lipinski definition) is 5. The third kappa shape index (κ3) is 5.96. The maximum atomic E-state index is 6.11. The number of benzene rings is 1. The monoisotopic (exact) mass is 348 g/mol. The second-order valence-corrected chi connectivity index (χ2v) is 6.84. The Kier molecular flexibility index (Phi) is 7.55. The highest BCUT2D eigenvalue weighted by atomic mass is 16.5. The molecule has 5 heteroatoms. The van der Waals surface area contributed by atoms with Gasteiger partial charge in [-0.1, -0.05) is 18.2 Å². The lowest BCUT2D eigenvalue weighted by atomic mass is 10.1. The fraction of sp³-hybridized carbons (Fsp3) is 0.700. The average molecular weight is 348 g/mol. The predicted octanol–water partition coefficient (Wildman–Crippen LogP) is 2.40. The number of para-hydroxylation sites is 1. The smallest absolute Gasteiger partial charge is 0.123 e. The third-order valence-electron chi connectivity index (χ3n) is 5.07. The van der Waals surface area contributed by atoms with Gasteiger partial charge in [0.05, 0.1) is 19.3 Å². The zero-order valence-corrected chi connectivity index (χ0v) is 15.5. The van der Waals surface area contributed by atoms with Gasteiger partial charge in [0, 0.05) is 51.4 Å². The van der Waals surface area contributed by atoms with Crippen LogP contribution in [0.4, 0.5) is 0 Å². The Morgan fingerprint density at radius 3 is 2.56 bits per heavy atom. The van der Waals surface area contributed by atoms with Crippen LogP contribution in [0.3, 0.4) is 0 Å². The van der Waals surface area contributed by atoms with E-state index in [9.17, 15) is 0 Å². The van der Waals surface area contributed by atoms with Crippen LogP contribution in [0.2, 0.25) is 0 Å². The highest BCUT2D eigenvalue weighted by molar-refractivity contribution is 5.33. The lowest BCUT2D eigenvalue weighted by Crippen LogP contribution is -2.38. The third-order valence-corrected chi connectivity index (χ3v) is 5.07. The van der Waals surface area contributed by atoms with Crippen molar-refractivity contribution in [3.63, 3.8) is 0 Å². The van der Waals surface area contributed by atoms with Gasteiger partial charge in [-0.05, 0) is 25.8 Å². The minimum absolute atomic E-state index is 0.446. The SMILES string of the molecule is CCOC1CCN(Cc2ccccc2OCCN2CCOCC2)CC1. The van der Waals surface area contributed by atoms with Crippen molar-refractivity contribution in [3.8, 4) is 5.75 Å². The quantitative estimate of drug-likeness (QED) is 0.721. The van der Waals surface area contributed by atoms with Crippen LogP contribution in [0.1, 0.15) is 25.3 Å². The first-order chi connectivity index (χ1) is 12.3. The van der Waals surface area contributed by atoms with Gasteiger partial charge in [0.1, 0.15) is 12.4 Å². The molecule has 0 aromatic heterocycles. The second kappa shape index (κ2) is 10.1. The van der Waals surface area contributed by atoms with E-state index in [4.69, 9.17) is 14.2 Å². The molecular weight excluding hydrogens is 316 g/mol. The molecule has 0 aliphatic carbocycles. The zero-order chi connectivity index (χ0) is 17.3. The molecule has 3 rings (SSSR count). The summed E-state index contributed by atoms with van der Waals surface area (Å²) in [4.78, 5) is 4.92. The Morgan fingerprint density at radius 1 is 1.04 bits per heavy atom. The highest BCUT2D eigenvalue weighted by Gasteiger charge is 2.20. The Hall–Kier alpha value is -1.14. The van der Waals surface area contributed by atoms with E-state index < -0.39 is 0 Å². The second-order valence-electron chi connectivity index (χ2n) is 6.84. The molecule has 0 N–H and O–H groups in total. The van der Waals surface area contributed by atoms with E-state index in [1.54, 1.807) is 0 Å². The molecular formula is C20H32N2O3. The first kappa shape index (κ1) is 18.6. The summed E-state index contributed by atoms with van der Waals surface area (Å²) in [6.45, 7) is 11.5. The molecule has 25 heavy (non-hydrogen) atoms. The zero-order valence-electron chi connectivity index (χ0n) is 15.5. The molecule has 0 spiro atoms. The molecule has 1 aromatic rings. The van der Waals surface area contributed by atoms with Crippen molar-refractivity contribution in [1.82, 2.24) is 9.80 Å². The molecule has 2 fully saturated rings. The number of hydrogen-bond donors (Lipinski definition) is 0. The van der Waals surface area contributed by atoms with Gasteiger partial charge >= 0.3 is 0 Å². The Balaban J connectivity index is 1.45. The highest BCUT2D eigenvalue weighted by Crippen LogP contribution is 2.22. The molecule has 0 saturated carbocycles. The van der Waals surface area contributed by atoms with Crippen LogP contribution in [0.5, 0.6) is 5.75 Å². The lowest BCUT2D eigenvalue weighted by molar-refractivity contribution is 0.0123. The molecule has 2 heterocycles. The van der Waals surface area contributed by atoms with Gasteiger partial charge in [-0.2, -0.15) is 0 Å². The van der Waals surface area contributed by atoms with Crippen LogP contribution < -0.4 is 4.74 Å². The van der Waals surface area contributed by atoms with Crippen molar-refractivity contribution in [1.29, 1.82) is 0 Å². The van der Waals surface area contributed by atoms with Crippen LogP contribution >= 0.6 is 0 Å². The summed E-state index contributed by atoms with van der Waals surface area (Å²) in [6.07, 6.45) is 2.71. The molecule has 5 nitrogen and oxygen atoms in total. The molecule has 2 saturated heterocycles. The van der Waals surface area contributed by atoms with Gasteiger partial charge in [-0.25, -0.2) is 0 Å². The summed E-state index contributed by atoms with van der Waals surface area (Å²) in [7, 11) is 0. The van der Waals surface area contributed by atoms with Gasteiger partial charge in [-0.15, -0.1) is 0 Å². The first-order valence-electron chi connectivity index (χ1n) is 9.70. The lowest BCUT2D eigenvalue weighted by Gasteiger charge is -2.32. The van der Waals surface area contributed by atoms with Gasteiger partial charge < -0.3 is 14.2 Å². The Bertz CT molecular complexity index is 497. The number of rotatable bonds is 8. The summed E-state index contributed by atoms with van der Waals surface area (Å²) in [5.41, 5.74) is 1.29. The van der Waals surface area contributed by atoms with Gasteiger partial charge in [-0.3, -0.25) is 9.80 Å². The Morgan fingerprint density at radius 2 is 1.80 bits per heavy atom. The number of nitrogens with zero attached hydrogens (tertiary/aromatic N) is 2. The summed E-state index contributed by atoms with van der Waals surface area (Å²) >= 11 is 0.